The first-order valence-corrected chi connectivity index (χ1v) is 6.97. The fraction of sp³-hybridized carbons (Fsp3) is 0.231. The number of nitrogens with one attached hydrogen (secondary N) is 1. The molecule has 0 aliphatic carbocycles. The molecular formula is C13H13N3O3S. The Morgan fingerprint density at radius 3 is 3.25 bits per heavy atom. The van der Waals surface area contributed by atoms with E-state index in [1.807, 2.05) is 29.7 Å². The van der Waals surface area contributed by atoms with Crippen LogP contribution < -0.4 is 10.4 Å². The third-order valence-electron chi connectivity index (χ3n) is 2.96. The molecule has 2 heterocycles. The highest BCUT2D eigenvalue weighted by atomic mass is 32.1. The van der Waals surface area contributed by atoms with Gasteiger partial charge in [0.25, 0.3) is 0 Å². The van der Waals surface area contributed by atoms with Gasteiger partial charge in [-0.05, 0) is 24.5 Å². The Bertz CT molecular complexity index is 587. The number of thiazole rings is 1. The van der Waals surface area contributed by atoms with Gasteiger partial charge in [-0.3, -0.25) is 10.7 Å². The topological polar surface area (TPSA) is 76.0 Å². The highest BCUT2D eigenvalue weighted by Crippen LogP contribution is 2.35. The van der Waals surface area contributed by atoms with Gasteiger partial charge < -0.3 is 4.89 Å². The molecule has 0 amide bonds. The maximum absolute atomic E-state index is 8.45. The Morgan fingerprint density at radius 1 is 1.45 bits per heavy atom. The molecule has 2 N–H and O–H groups in total. The summed E-state index contributed by atoms with van der Waals surface area (Å²) in [4.78, 5) is 19.9. The van der Waals surface area contributed by atoms with Crippen LogP contribution in [0, 0.1) is 0 Å². The maximum Gasteiger partial charge on any atom is 0.210 e. The van der Waals surface area contributed by atoms with Crippen LogP contribution >= 0.6 is 11.3 Å². The molecule has 0 spiro atoms. The van der Waals surface area contributed by atoms with Crippen molar-refractivity contribution in [2.45, 2.75) is 18.9 Å². The van der Waals surface area contributed by atoms with Crippen molar-refractivity contribution in [3.8, 4) is 5.75 Å². The lowest BCUT2D eigenvalue weighted by atomic mass is 10.1. The van der Waals surface area contributed by atoms with Crippen LogP contribution in [0.25, 0.3) is 0 Å². The molecule has 1 aliphatic rings. The highest BCUT2D eigenvalue weighted by molar-refractivity contribution is 7.15. The Labute approximate surface area is 119 Å². The third-order valence-corrected chi connectivity index (χ3v) is 3.96. The molecule has 0 saturated heterocycles. The van der Waals surface area contributed by atoms with E-state index in [2.05, 4.69) is 9.98 Å². The lowest BCUT2D eigenvalue weighted by Crippen LogP contribution is -2.03. The van der Waals surface area contributed by atoms with E-state index in [1.54, 1.807) is 6.20 Å². The van der Waals surface area contributed by atoms with Crippen molar-refractivity contribution < 1.29 is 15.0 Å². The normalized spacial score (nSPS) is 18.4. The van der Waals surface area contributed by atoms with Gasteiger partial charge >= 0.3 is 0 Å². The summed E-state index contributed by atoms with van der Waals surface area (Å²) < 4.78 is 0. The summed E-state index contributed by atoms with van der Waals surface area (Å²) in [6.45, 7) is 0. The van der Waals surface area contributed by atoms with Gasteiger partial charge in [-0.2, -0.15) is 4.89 Å². The lowest BCUT2D eigenvalue weighted by Gasteiger charge is -2.10. The van der Waals surface area contributed by atoms with Gasteiger partial charge in [0.05, 0.1) is 4.88 Å². The van der Waals surface area contributed by atoms with E-state index in [1.165, 1.54) is 17.7 Å². The summed E-state index contributed by atoms with van der Waals surface area (Å²) in [5, 5.41) is 9.00. The van der Waals surface area contributed by atoms with Crippen LogP contribution in [0.3, 0.4) is 0 Å². The van der Waals surface area contributed by atoms with Crippen molar-refractivity contribution in [2.75, 3.05) is 0 Å². The Balaban J connectivity index is 1.73. The summed E-state index contributed by atoms with van der Waals surface area (Å²) in [5.74, 6) is 0.766. The summed E-state index contributed by atoms with van der Waals surface area (Å²) in [5.41, 5.74) is 2.99. The molecule has 0 bridgehead atoms. The molecule has 0 radical (unpaired) electrons. The number of hydroxylamine groups is 1. The van der Waals surface area contributed by atoms with E-state index in [0.29, 0.717) is 5.13 Å². The van der Waals surface area contributed by atoms with E-state index < -0.39 is 0 Å². The molecule has 1 unspecified atom stereocenters. The predicted octanol–water partition coefficient (Wildman–Crippen LogP) is 2.78. The van der Waals surface area contributed by atoms with Crippen LogP contribution in [0.5, 0.6) is 5.75 Å². The van der Waals surface area contributed by atoms with Crippen molar-refractivity contribution >= 4 is 22.8 Å². The van der Waals surface area contributed by atoms with Gasteiger partial charge in [0, 0.05) is 6.20 Å². The van der Waals surface area contributed by atoms with E-state index in [-0.39, 0.29) is 6.10 Å². The number of benzene rings is 1. The zero-order valence-corrected chi connectivity index (χ0v) is 11.3. The minimum atomic E-state index is -0.161. The maximum atomic E-state index is 8.45. The van der Waals surface area contributed by atoms with Crippen molar-refractivity contribution in [1.82, 2.24) is 10.5 Å². The second kappa shape index (κ2) is 6.00. The van der Waals surface area contributed by atoms with Gasteiger partial charge in [0.1, 0.15) is 12.4 Å². The molecule has 3 rings (SSSR count). The first kappa shape index (κ1) is 13.0. The first-order valence-electron chi connectivity index (χ1n) is 6.16. The molecule has 6 nitrogen and oxygen atoms in total. The third kappa shape index (κ3) is 2.79. The van der Waals surface area contributed by atoms with E-state index in [4.69, 9.17) is 15.0 Å². The monoisotopic (exact) mass is 291 g/mol. The van der Waals surface area contributed by atoms with Gasteiger partial charge in [0.2, 0.25) is 5.13 Å². The number of nitrogens with zero attached hydrogens (tertiary/aromatic N) is 2. The molecule has 1 atom stereocenters. The zero-order chi connectivity index (χ0) is 13.8. The molecule has 0 saturated carbocycles. The first-order chi connectivity index (χ1) is 9.86. The molecular weight excluding hydrogens is 278 g/mol. The van der Waals surface area contributed by atoms with Gasteiger partial charge in [-0.15, -0.1) is 0 Å². The second-order valence-electron chi connectivity index (χ2n) is 4.25. The number of rotatable bonds is 3. The number of hydrogen-bond donors (Lipinski definition) is 2. The fourth-order valence-corrected chi connectivity index (χ4v) is 2.81. The van der Waals surface area contributed by atoms with Crippen LogP contribution in [0.2, 0.25) is 0 Å². The van der Waals surface area contributed by atoms with E-state index in [0.717, 1.165) is 29.0 Å². The van der Waals surface area contributed by atoms with Crippen LogP contribution in [0.4, 0.5) is 5.13 Å². The van der Waals surface area contributed by atoms with Crippen molar-refractivity contribution in [2.24, 2.45) is 4.99 Å². The summed E-state index contributed by atoms with van der Waals surface area (Å²) in [7, 11) is 0. The molecule has 20 heavy (non-hydrogen) atoms. The number of aryl methyl sites for hydroxylation is 1. The van der Waals surface area contributed by atoms with Gasteiger partial charge in [-0.1, -0.05) is 29.5 Å². The molecule has 1 aliphatic heterocycles. The number of fused-ring (bicyclic) bond motifs is 1. The van der Waals surface area contributed by atoms with Crippen LogP contribution in [-0.4, -0.2) is 16.5 Å². The standard InChI is InChI=1S/C13H13N3O3S/c17-16-8-15-13-14-7-12(20-13)11-6-5-9-3-1-2-4-10(9)18-19-11/h1-4,7-8,11,17H,5-6H2,(H,14,15,16). The van der Waals surface area contributed by atoms with Crippen LogP contribution in [0.15, 0.2) is 35.5 Å². The molecule has 1 aromatic heterocycles. The summed E-state index contributed by atoms with van der Waals surface area (Å²) in [6.07, 6.45) is 4.43. The molecule has 2 aromatic rings. The summed E-state index contributed by atoms with van der Waals surface area (Å²) in [6, 6.07) is 7.84. The minimum absolute atomic E-state index is 0.161. The summed E-state index contributed by atoms with van der Waals surface area (Å²) >= 11 is 1.40. The Morgan fingerprint density at radius 2 is 2.35 bits per heavy atom. The molecule has 1 aromatic carbocycles. The van der Waals surface area contributed by atoms with E-state index in [9.17, 15) is 0 Å². The Hall–Kier alpha value is -1.96. The SMILES string of the molecule is ON/C=N/c1ncc(C2CCc3ccccc3OO2)s1. The van der Waals surface area contributed by atoms with Crippen molar-refractivity contribution in [3.63, 3.8) is 0 Å². The Kier molecular flexibility index (Phi) is 3.91. The zero-order valence-electron chi connectivity index (χ0n) is 10.5. The number of aromatic nitrogens is 1. The predicted molar refractivity (Wildman–Crippen MR) is 74.4 cm³/mol. The largest absolute Gasteiger partial charge is 0.337 e. The lowest BCUT2D eigenvalue weighted by molar-refractivity contribution is -0.244. The molecule has 7 heteroatoms. The van der Waals surface area contributed by atoms with Crippen molar-refractivity contribution in [1.29, 1.82) is 0 Å². The minimum Gasteiger partial charge on any atom is -0.337 e. The van der Waals surface area contributed by atoms with Gasteiger partial charge in [-0.25, -0.2) is 9.98 Å². The molecule has 104 valence electrons. The van der Waals surface area contributed by atoms with Crippen LogP contribution in [0.1, 0.15) is 23.0 Å². The average molecular weight is 291 g/mol. The fourth-order valence-electron chi connectivity index (χ4n) is 2.00. The number of hydrogen-bond acceptors (Lipinski definition) is 6. The average Bonchev–Trinajstić information content (AvgIpc) is 2.84. The number of aliphatic imine (C=N–C) groups is 1. The van der Waals surface area contributed by atoms with Crippen LogP contribution in [-0.2, 0) is 11.3 Å². The van der Waals surface area contributed by atoms with Gasteiger partial charge in [0.15, 0.2) is 5.75 Å². The second-order valence-corrected chi connectivity index (χ2v) is 5.29. The highest BCUT2D eigenvalue weighted by Gasteiger charge is 2.22. The quantitative estimate of drug-likeness (QED) is 0.393. The molecule has 0 fully saturated rings. The smallest absolute Gasteiger partial charge is 0.210 e. The van der Waals surface area contributed by atoms with Crippen molar-refractivity contribution in [3.05, 3.63) is 40.9 Å². The van der Waals surface area contributed by atoms with E-state index >= 15 is 0 Å². The number of para-hydroxylation sites is 1.